The van der Waals surface area contributed by atoms with Gasteiger partial charge >= 0.3 is 0 Å². The van der Waals surface area contributed by atoms with Crippen molar-refractivity contribution in [3.05, 3.63) is 29.3 Å². The van der Waals surface area contributed by atoms with E-state index in [1.165, 1.54) is 49.7 Å². The van der Waals surface area contributed by atoms with Crippen LogP contribution in [-0.2, 0) is 5.41 Å². The Morgan fingerprint density at radius 3 is 2.27 bits per heavy atom. The number of nitrogens with two attached hydrogens (primary N) is 1. The van der Waals surface area contributed by atoms with Crippen LogP contribution in [-0.4, -0.2) is 13.7 Å². The van der Waals surface area contributed by atoms with Crippen molar-refractivity contribution in [1.82, 2.24) is 0 Å². The van der Waals surface area contributed by atoms with Crippen LogP contribution in [0.2, 0.25) is 0 Å². The van der Waals surface area contributed by atoms with Crippen LogP contribution in [0, 0.1) is 5.92 Å². The largest absolute Gasteiger partial charge is 0.496 e. The van der Waals surface area contributed by atoms with Gasteiger partial charge in [0, 0.05) is 5.92 Å². The Bertz CT molecular complexity index is 467. The molecule has 1 unspecified atom stereocenters. The number of methoxy groups -OCH3 is 1. The standard InChI is InChI=1S/C20H33NO/c1-20(2,3)16-11-12-19(22-4)17(13-16)18(14-21)15-9-7-5-6-8-10-15/h11-13,15,18H,5-10,14,21H2,1-4H3. The molecule has 1 atom stereocenters. The van der Waals surface area contributed by atoms with Crippen LogP contribution >= 0.6 is 0 Å². The van der Waals surface area contributed by atoms with Crippen molar-refractivity contribution >= 4 is 0 Å². The Hall–Kier alpha value is -1.02. The topological polar surface area (TPSA) is 35.2 Å². The fraction of sp³-hybridized carbons (Fsp3) is 0.700. The fourth-order valence-electron chi connectivity index (χ4n) is 3.78. The molecule has 1 aromatic carbocycles. The molecule has 0 bridgehead atoms. The molecule has 2 rings (SSSR count). The summed E-state index contributed by atoms with van der Waals surface area (Å²) in [5.41, 5.74) is 9.06. The van der Waals surface area contributed by atoms with Crippen molar-refractivity contribution in [2.45, 2.75) is 70.6 Å². The predicted octanol–water partition coefficient (Wildman–Crippen LogP) is 5.01. The molecule has 0 radical (unpaired) electrons. The van der Waals surface area contributed by atoms with Crippen molar-refractivity contribution in [2.24, 2.45) is 11.7 Å². The summed E-state index contributed by atoms with van der Waals surface area (Å²) in [6.07, 6.45) is 8.08. The highest BCUT2D eigenvalue weighted by Gasteiger charge is 2.27. The Balaban J connectivity index is 2.37. The van der Waals surface area contributed by atoms with E-state index in [2.05, 4.69) is 39.0 Å². The summed E-state index contributed by atoms with van der Waals surface area (Å²) in [7, 11) is 1.77. The normalized spacial score (nSPS) is 18.8. The molecule has 2 N–H and O–H groups in total. The van der Waals surface area contributed by atoms with Gasteiger partial charge in [-0.1, -0.05) is 58.6 Å². The number of benzene rings is 1. The zero-order valence-electron chi connectivity index (χ0n) is 14.8. The van der Waals surface area contributed by atoms with Crippen LogP contribution in [0.25, 0.3) is 0 Å². The average Bonchev–Trinajstić information content (AvgIpc) is 2.76. The van der Waals surface area contributed by atoms with E-state index in [1.54, 1.807) is 7.11 Å². The van der Waals surface area contributed by atoms with Gasteiger partial charge in [0.05, 0.1) is 7.11 Å². The monoisotopic (exact) mass is 303 g/mol. The first-order valence-corrected chi connectivity index (χ1v) is 8.86. The van der Waals surface area contributed by atoms with E-state index in [1.807, 2.05) is 0 Å². The first-order valence-electron chi connectivity index (χ1n) is 8.86. The third-order valence-electron chi connectivity index (χ3n) is 5.22. The Morgan fingerprint density at radius 1 is 1.14 bits per heavy atom. The molecule has 0 aromatic heterocycles. The number of rotatable bonds is 4. The lowest BCUT2D eigenvalue weighted by Gasteiger charge is -2.29. The Labute approximate surface area is 136 Å². The molecule has 0 heterocycles. The molecule has 1 aliphatic rings. The van der Waals surface area contributed by atoms with Crippen molar-refractivity contribution in [2.75, 3.05) is 13.7 Å². The first kappa shape index (κ1) is 17.3. The molecule has 124 valence electrons. The molecular weight excluding hydrogens is 270 g/mol. The molecule has 1 saturated carbocycles. The van der Waals surface area contributed by atoms with E-state index in [9.17, 15) is 0 Å². The molecule has 0 saturated heterocycles. The smallest absolute Gasteiger partial charge is 0.122 e. The van der Waals surface area contributed by atoms with E-state index >= 15 is 0 Å². The fourth-order valence-corrected chi connectivity index (χ4v) is 3.78. The van der Waals surface area contributed by atoms with Gasteiger partial charge in [-0.3, -0.25) is 0 Å². The first-order chi connectivity index (χ1) is 10.5. The van der Waals surface area contributed by atoms with E-state index in [0.29, 0.717) is 18.4 Å². The molecule has 1 fully saturated rings. The van der Waals surface area contributed by atoms with E-state index < -0.39 is 0 Å². The van der Waals surface area contributed by atoms with Gasteiger partial charge < -0.3 is 10.5 Å². The average molecular weight is 303 g/mol. The zero-order valence-corrected chi connectivity index (χ0v) is 14.8. The van der Waals surface area contributed by atoms with Gasteiger partial charge in [0.15, 0.2) is 0 Å². The maximum Gasteiger partial charge on any atom is 0.122 e. The lowest BCUT2D eigenvalue weighted by Crippen LogP contribution is -2.23. The minimum absolute atomic E-state index is 0.156. The third kappa shape index (κ3) is 4.04. The van der Waals surface area contributed by atoms with Crippen LogP contribution in [0.15, 0.2) is 18.2 Å². The van der Waals surface area contributed by atoms with Crippen molar-refractivity contribution in [3.63, 3.8) is 0 Å². The van der Waals surface area contributed by atoms with Crippen LogP contribution in [0.4, 0.5) is 0 Å². The summed E-state index contributed by atoms with van der Waals surface area (Å²) >= 11 is 0. The minimum Gasteiger partial charge on any atom is -0.496 e. The van der Waals surface area contributed by atoms with Crippen LogP contribution in [0.3, 0.4) is 0 Å². The minimum atomic E-state index is 0.156. The predicted molar refractivity (Wildman–Crippen MR) is 94.7 cm³/mol. The number of hydrogen-bond donors (Lipinski definition) is 1. The summed E-state index contributed by atoms with van der Waals surface area (Å²) in [6, 6.07) is 6.68. The SMILES string of the molecule is COc1ccc(C(C)(C)C)cc1C(CN)C1CCCCCC1. The van der Waals surface area contributed by atoms with Gasteiger partial charge in [0.1, 0.15) is 5.75 Å². The van der Waals surface area contributed by atoms with Crippen LogP contribution < -0.4 is 10.5 Å². The van der Waals surface area contributed by atoms with Crippen molar-refractivity contribution in [3.8, 4) is 5.75 Å². The third-order valence-corrected chi connectivity index (χ3v) is 5.22. The van der Waals surface area contributed by atoms with Crippen molar-refractivity contribution < 1.29 is 4.74 Å². The molecule has 0 spiro atoms. The van der Waals surface area contributed by atoms with Gasteiger partial charge in [0.2, 0.25) is 0 Å². The number of hydrogen-bond acceptors (Lipinski definition) is 2. The summed E-state index contributed by atoms with van der Waals surface area (Å²) < 4.78 is 5.66. The van der Waals surface area contributed by atoms with Gasteiger partial charge in [-0.2, -0.15) is 0 Å². The molecular formula is C20H33NO. The van der Waals surface area contributed by atoms with Gasteiger partial charge in [-0.25, -0.2) is 0 Å². The summed E-state index contributed by atoms with van der Waals surface area (Å²) in [5, 5.41) is 0. The maximum absolute atomic E-state index is 6.21. The molecule has 22 heavy (non-hydrogen) atoms. The molecule has 2 nitrogen and oxygen atoms in total. The molecule has 2 heteroatoms. The maximum atomic E-state index is 6.21. The highest BCUT2D eigenvalue weighted by molar-refractivity contribution is 5.42. The van der Waals surface area contributed by atoms with Crippen LogP contribution in [0.5, 0.6) is 5.75 Å². The zero-order chi connectivity index (χ0) is 16.2. The lowest BCUT2D eigenvalue weighted by molar-refractivity contribution is 0.356. The molecule has 1 aliphatic carbocycles. The van der Waals surface area contributed by atoms with Gasteiger partial charge in [-0.05, 0) is 47.9 Å². The highest BCUT2D eigenvalue weighted by atomic mass is 16.5. The van der Waals surface area contributed by atoms with E-state index in [4.69, 9.17) is 10.5 Å². The van der Waals surface area contributed by atoms with Gasteiger partial charge in [-0.15, -0.1) is 0 Å². The Kier molecular flexibility index (Phi) is 5.91. The number of ether oxygens (including phenoxy) is 1. The van der Waals surface area contributed by atoms with Crippen LogP contribution in [0.1, 0.15) is 76.3 Å². The summed E-state index contributed by atoms with van der Waals surface area (Å²) in [6.45, 7) is 7.51. The lowest BCUT2D eigenvalue weighted by atomic mass is 9.78. The highest BCUT2D eigenvalue weighted by Crippen LogP contribution is 2.40. The van der Waals surface area contributed by atoms with E-state index in [0.717, 1.165) is 5.75 Å². The second kappa shape index (κ2) is 7.50. The summed E-state index contributed by atoms with van der Waals surface area (Å²) in [5.74, 6) is 2.14. The molecule has 0 amide bonds. The quantitative estimate of drug-likeness (QED) is 0.794. The van der Waals surface area contributed by atoms with Crippen molar-refractivity contribution in [1.29, 1.82) is 0 Å². The molecule has 1 aromatic rings. The summed E-state index contributed by atoms with van der Waals surface area (Å²) in [4.78, 5) is 0. The molecule has 0 aliphatic heterocycles. The van der Waals surface area contributed by atoms with E-state index in [-0.39, 0.29) is 5.41 Å². The van der Waals surface area contributed by atoms with Gasteiger partial charge in [0.25, 0.3) is 0 Å². The Morgan fingerprint density at radius 2 is 1.77 bits per heavy atom. The second-order valence-electron chi connectivity index (χ2n) is 7.80. The second-order valence-corrected chi connectivity index (χ2v) is 7.80.